The summed E-state index contributed by atoms with van der Waals surface area (Å²) in [7, 11) is 0. The minimum Gasteiger partial charge on any atom is -0.461 e. The summed E-state index contributed by atoms with van der Waals surface area (Å²) in [5.74, 6) is 0.589. The molecular weight excluding hydrogens is 350 g/mol. The average molecular weight is 384 g/mol. The second kappa shape index (κ2) is 8.00. The highest BCUT2D eigenvalue weighted by atomic mass is 16.6. The third-order valence-electron chi connectivity index (χ3n) is 7.20. The molecule has 1 unspecified atom stereocenters. The van der Waals surface area contributed by atoms with Crippen molar-refractivity contribution >= 4 is 5.97 Å². The van der Waals surface area contributed by atoms with Crippen LogP contribution < -0.4 is 0 Å². The number of fused-ring (bicyclic) bond motifs is 2. The molecule has 0 spiro atoms. The Morgan fingerprint density at radius 1 is 1.29 bits per heavy atom. The number of nitrogens with zero attached hydrogens (tertiary/aromatic N) is 1. The highest BCUT2D eigenvalue weighted by Gasteiger charge is 2.51. The first-order valence-corrected chi connectivity index (χ1v) is 10.8. The van der Waals surface area contributed by atoms with E-state index in [2.05, 4.69) is 37.0 Å². The van der Waals surface area contributed by atoms with Gasteiger partial charge in [-0.1, -0.05) is 62.2 Å². The number of carbonyl (C=O) groups excluding carboxylic acids is 1. The second-order valence-electron chi connectivity index (χ2n) is 9.28. The molecule has 2 aliphatic carbocycles. The summed E-state index contributed by atoms with van der Waals surface area (Å²) in [4.78, 5) is 15.0. The van der Waals surface area contributed by atoms with Crippen molar-refractivity contribution in [1.82, 2.24) is 4.90 Å². The number of ether oxygens (including phenoxy) is 1. The highest BCUT2D eigenvalue weighted by molar-refractivity contribution is 5.76. The maximum absolute atomic E-state index is 12.8. The Balaban J connectivity index is 1.54. The van der Waals surface area contributed by atoms with Crippen LogP contribution in [0.5, 0.6) is 0 Å². The highest BCUT2D eigenvalue weighted by Crippen LogP contribution is 2.54. The fraction of sp³-hybridized carbons (Fsp3) is 0.625. The maximum Gasteiger partial charge on any atom is 0.311 e. The summed E-state index contributed by atoms with van der Waals surface area (Å²) in [5.41, 5.74) is 2.96. The third kappa shape index (κ3) is 3.77. The van der Waals surface area contributed by atoms with Gasteiger partial charge in [0, 0.05) is 25.6 Å². The largest absolute Gasteiger partial charge is 0.461 e. The fourth-order valence-corrected chi connectivity index (χ4v) is 5.75. The van der Waals surface area contributed by atoms with Crippen molar-refractivity contribution in [2.75, 3.05) is 19.7 Å². The molecule has 1 aromatic carbocycles. The van der Waals surface area contributed by atoms with Crippen LogP contribution in [0.2, 0.25) is 0 Å². The van der Waals surface area contributed by atoms with Crippen LogP contribution in [0.4, 0.5) is 0 Å². The lowest BCUT2D eigenvalue weighted by Crippen LogP contribution is -2.41. The zero-order valence-electron chi connectivity index (χ0n) is 17.1. The number of benzene rings is 1. The van der Waals surface area contributed by atoms with Crippen LogP contribution in [-0.2, 0) is 16.1 Å². The zero-order valence-corrected chi connectivity index (χ0v) is 17.1. The van der Waals surface area contributed by atoms with Gasteiger partial charge in [-0.3, -0.25) is 9.69 Å². The number of esters is 1. The molecule has 28 heavy (non-hydrogen) atoms. The van der Waals surface area contributed by atoms with Gasteiger partial charge in [0.05, 0.1) is 12.5 Å². The van der Waals surface area contributed by atoms with Crippen LogP contribution >= 0.6 is 0 Å². The summed E-state index contributed by atoms with van der Waals surface area (Å²) in [6.07, 6.45) is 7.12. The Bertz CT molecular complexity index is 731. The van der Waals surface area contributed by atoms with E-state index in [0.717, 1.165) is 13.0 Å². The molecule has 4 rings (SSSR count). The Hall–Kier alpha value is -1.65. The van der Waals surface area contributed by atoms with Gasteiger partial charge in [-0.2, -0.15) is 0 Å². The molecule has 0 bridgehead atoms. The molecule has 3 aliphatic rings. The SMILES string of the molecule is C[C@H]1CCC[C@]2(C)C[C@H]3OC(=O)C(CN(CCO)Cc4ccccc4)[C@H]3C=C12. The van der Waals surface area contributed by atoms with E-state index in [9.17, 15) is 9.90 Å². The molecule has 0 aromatic heterocycles. The lowest BCUT2D eigenvalue weighted by molar-refractivity contribution is -0.145. The number of allylic oxidation sites excluding steroid dienone is 1. The van der Waals surface area contributed by atoms with Crippen LogP contribution in [0, 0.1) is 23.2 Å². The van der Waals surface area contributed by atoms with Crippen LogP contribution in [-0.4, -0.2) is 41.8 Å². The number of hydrogen-bond donors (Lipinski definition) is 1. The fourth-order valence-electron chi connectivity index (χ4n) is 5.75. The summed E-state index contributed by atoms with van der Waals surface area (Å²) >= 11 is 0. The van der Waals surface area contributed by atoms with Crippen molar-refractivity contribution < 1.29 is 14.6 Å². The van der Waals surface area contributed by atoms with Crippen LogP contribution in [0.1, 0.15) is 45.1 Å². The normalized spacial score (nSPS) is 34.6. The molecule has 1 N–H and O–H groups in total. The summed E-state index contributed by atoms with van der Waals surface area (Å²) < 4.78 is 5.88. The lowest BCUT2D eigenvalue weighted by atomic mass is 9.59. The van der Waals surface area contributed by atoms with Crippen LogP contribution in [0.15, 0.2) is 42.0 Å². The van der Waals surface area contributed by atoms with Crippen molar-refractivity contribution in [3.63, 3.8) is 0 Å². The predicted molar refractivity (Wildman–Crippen MR) is 109 cm³/mol. The van der Waals surface area contributed by atoms with E-state index in [-0.39, 0.29) is 35.9 Å². The smallest absolute Gasteiger partial charge is 0.311 e. The number of hydrogen-bond acceptors (Lipinski definition) is 4. The van der Waals surface area contributed by atoms with Crippen molar-refractivity contribution in [3.05, 3.63) is 47.5 Å². The molecule has 5 atom stereocenters. The Labute approximate surface area is 168 Å². The lowest BCUT2D eigenvalue weighted by Gasteiger charge is -2.46. The van der Waals surface area contributed by atoms with Gasteiger partial charge in [-0.05, 0) is 36.2 Å². The molecule has 1 aliphatic heterocycles. The molecule has 2 fully saturated rings. The van der Waals surface area contributed by atoms with Gasteiger partial charge in [0.1, 0.15) is 6.10 Å². The van der Waals surface area contributed by atoms with Gasteiger partial charge in [-0.15, -0.1) is 0 Å². The third-order valence-corrected chi connectivity index (χ3v) is 7.20. The van der Waals surface area contributed by atoms with E-state index in [1.807, 2.05) is 18.2 Å². The number of rotatable bonds is 6. The Kier molecular flexibility index (Phi) is 5.62. The van der Waals surface area contributed by atoms with Gasteiger partial charge >= 0.3 is 5.97 Å². The topological polar surface area (TPSA) is 49.8 Å². The Morgan fingerprint density at radius 2 is 2.07 bits per heavy atom. The maximum atomic E-state index is 12.8. The summed E-state index contributed by atoms with van der Waals surface area (Å²) in [5, 5.41) is 9.54. The summed E-state index contributed by atoms with van der Waals surface area (Å²) in [6, 6.07) is 10.3. The van der Waals surface area contributed by atoms with Crippen molar-refractivity contribution in [3.8, 4) is 0 Å². The van der Waals surface area contributed by atoms with Gasteiger partial charge in [0.2, 0.25) is 0 Å². The van der Waals surface area contributed by atoms with Crippen molar-refractivity contribution in [2.45, 2.75) is 52.2 Å². The molecule has 1 aromatic rings. The molecule has 152 valence electrons. The molecule has 4 heteroatoms. The minimum absolute atomic E-state index is 0.0178. The van der Waals surface area contributed by atoms with Crippen LogP contribution in [0.25, 0.3) is 0 Å². The Morgan fingerprint density at radius 3 is 2.82 bits per heavy atom. The van der Waals surface area contributed by atoms with E-state index in [1.165, 1.54) is 24.8 Å². The van der Waals surface area contributed by atoms with E-state index < -0.39 is 0 Å². The number of aliphatic hydroxyl groups is 1. The zero-order chi connectivity index (χ0) is 19.7. The van der Waals surface area contributed by atoms with Gasteiger partial charge < -0.3 is 9.84 Å². The molecule has 4 nitrogen and oxygen atoms in total. The van der Waals surface area contributed by atoms with Gasteiger partial charge in [-0.25, -0.2) is 0 Å². The minimum atomic E-state index is -0.133. The van der Waals surface area contributed by atoms with Crippen LogP contribution in [0.3, 0.4) is 0 Å². The molecular formula is C24H33NO3. The first-order chi connectivity index (χ1) is 13.5. The van der Waals surface area contributed by atoms with Crippen molar-refractivity contribution in [1.29, 1.82) is 0 Å². The molecule has 1 heterocycles. The first kappa shape index (κ1) is 19.7. The molecule has 1 saturated carbocycles. The number of carbonyl (C=O) groups is 1. The number of aliphatic hydroxyl groups excluding tert-OH is 1. The van der Waals surface area contributed by atoms with Gasteiger partial charge in [0.25, 0.3) is 0 Å². The van der Waals surface area contributed by atoms with E-state index in [4.69, 9.17) is 4.74 Å². The van der Waals surface area contributed by atoms with E-state index in [0.29, 0.717) is 19.0 Å². The van der Waals surface area contributed by atoms with Gasteiger partial charge in [0.15, 0.2) is 0 Å². The molecule has 0 amide bonds. The second-order valence-corrected chi connectivity index (χ2v) is 9.28. The average Bonchev–Trinajstić information content (AvgIpc) is 2.95. The monoisotopic (exact) mass is 383 g/mol. The predicted octanol–water partition coefficient (Wildman–Crippen LogP) is 3.80. The first-order valence-electron chi connectivity index (χ1n) is 10.8. The van der Waals surface area contributed by atoms with E-state index in [1.54, 1.807) is 5.57 Å². The summed E-state index contributed by atoms with van der Waals surface area (Å²) in [6.45, 7) is 6.75. The molecule has 0 radical (unpaired) electrons. The molecule has 1 saturated heterocycles. The van der Waals surface area contributed by atoms with E-state index >= 15 is 0 Å². The quantitative estimate of drug-likeness (QED) is 0.600. The van der Waals surface area contributed by atoms with Crippen molar-refractivity contribution in [2.24, 2.45) is 23.2 Å². The standard InChI is InChI=1S/C24H33NO3/c1-17-7-6-10-24(2)14-22-19(13-21(17)24)20(23(27)28-22)16-25(11-12-26)15-18-8-4-3-5-9-18/h3-5,8-9,13,17,19-20,22,26H,6-7,10-12,14-16H2,1-2H3/t17-,19+,20?,22+,24+/m0/s1.